The number of rotatable bonds is 9. The normalized spacial score (nSPS) is 10.6. The van der Waals surface area contributed by atoms with Crippen molar-refractivity contribution in [3.8, 4) is 5.75 Å². The third-order valence-corrected chi connectivity index (χ3v) is 5.04. The second-order valence-electron chi connectivity index (χ2n) is 6.24. The van der Waals surface area contributed by atoms with Crippen LogP contribution in [0.5, 0.6) is 5.75 Å². The summed E-state index contributed by atoms with van der Waals surface area (Å²) >= 11 is 1.28. The van der Waals surface area contributed by atoms with Crippen LogP contribution in [-0.2, 0) is 24.2 Å². The van der Waals surface area contributed by atoms with E-state index < -0.39 is 0 Å². The minimum Gasteiger partial charge on any atom is -0.486 e. The number of anilines is 1. The van der Waals surface area contributed by atoms with Gasteiger partial charge in [0, 0.05) is 5.69 Å². The van der Waals surface area contributed by atoms with Gasteiger partial charge in [-0.15, -0.1) is 5.10 Å². The Morgan fingerprint density at radius 3 is 2.32 bits per heavy atom. The maximum Gasteiger partial charge on any atom is 0.234 e. The molecule has 6 nitrogen and oxygen atoms in total. The second-order valence-corrected chi connectivity index (χ2v) is 7.18. The largest absolute Gasteiger partial charge is 0.486 e. The predicted molar refractivity (Wildman–Crippen MR) is 112 cm³/mol. The maximum atomic E-state index is 12.1. The Labute approximate surface area is 169 Å². The highest BCUT2D eigenvalue weighted by atomic mass is 32.2. The summed E-state index contributed by atoms with van der Waals surface area (Å²) in [7, 11) is 0. The van der Waals surface area contributed by atoms with Crippen molar-refractivity contribution < 1.29 is 9.53 Å². The summed E-state index contributed by atoms with van der Waals surface area (Å²) in [4.78, 5) is 16.4. The molecule has 0 radical (unpaired) electrons. The Balaban J connectivity index is 1.43. The van der Waals surface area contributed by atoms with Gasteiger partial charge in [-0.05, 0) is 48.2 Å². The molecule has 1 heterocycles. The highest BCUT2D eigenvalue weighted by Gasteiger charge is 2.09. The van der Waals surface area contributed by atoms with Crippen molar-refractivity contribution in [3.05, 3.63) is 65.5 Å². The number of amides is 1. The zero-order valence-corrected chi connectivity index (χ0v) is 16.9. The molecule has 0 atom stereocenters. The van der Waals surface area contributed by atoms with Gasteiger partial charge >= 0.3 is 0 Å². The predicted octanol–water partition coefficient (Wildman–Crippen LogP) is 4.24. The summed E-state index contributed by atoms with van der Waals surface area (Å²) < 4.78 is 5.71. The lowest BCUT2D eigenvalue weighted by atomic mass is 10.1. The summed E-state index contributed by atoms with van der Waals surface area (Å²) in [5.74, 6) is 1.56. The molecule has 0 saturated heterocycles. The molecular weight excluding hydrogens is 372 g/mol. The van der Waals surface area contributed by atoms with E-state index in [0.717, 1.165) is 24.3 Å². The van der Waals surface area contributed by atoms with Crippen molar-refractivity contribution in [2.45, 2.75) is 38.5 Å². The number of benzene rings is 2. The Morgan fingerprint density at radius 2 is 1.68 bits per heavy atom. The molecule has 1 amide bonds. The molecule has 0 fully saturated rings. The van der Waals surface area contributed by atoms with Crippen molar-refractivity contribution >= 4 is 23.4 Å². The van der Waals surface area contributed by atoms with E-state index >= 15 is 0 Å². The van der Waals surface area contributed by atoms with Crippen LogP contribution in [-0.4, -0.2) is 26.8 Å². The van der Waals surface area contributed by atoms with Gasteiger partial charge in [0.05, 0.1) is 5.75 Å². The van der Waals surface area contributed by atoms with E-state index in [9.17, 15) is 4.79 Å². The van der Waals surface area contributed by atoms with E-state index in [0.29, 0.717) is 17.6 Å². The molecule has 0 aliphatic carbocycles. The fourth-order valence-corrected chi connectivity index (χ4v) is 3.15. The highest BCUT2D eigenvalue weighted by Crippen LogP contribution is 2.16. The summed E-state index contributed by atoms with van der Waals surface area (Å²) in [5.41, 5.74) is 3.30. The monoisotopic (exact) mass is 396 g/mol. The first-order chi connectivity index (χ1) is 13.7. The van der Waals surface area contributed by atoms with Crippen LogP contribution in [0.2, 0.25) is 0 Å². The van der Waals surface area contributed by atoms with Crippen molar-refractivity contribution in [2.75, 3.05) is 11.1 Å². The Bertz CT molecular complexity index is 892. The number of hydrogen-bond acceptors (Lipinski definition) is 5. The summed E-state index contributed by atoms with van der Waals surface area (Å²) in [6.45, 7) is 4.52. The van der Waals surface area contributed by atoms with E-state index in [2.05, 4.69) is 34.3 Å². The van der Waals surface area contributed by atoms with Gasteiger partial charge in [-0.1, -0.05) is 49.9 Å². The van der Waals surface area contributed by atoms with E-state index in [-0.39, 0.29) is 11.7 Å². The standard InChI is InChI=1S/C21H24N4O2S/c1-3-15-5-9-17(10-6-15)22-20(26)14-28-21-23-19(24-25-21)13-27-18-11-7-16(4-2)8-12-18/h5-12H,3-4,13-14H2,1-2H3,(H,22,26)(H,23,24,25). The average molecular weight is 397 g/mol. The molecule has 0 spiro atoms. The van der Waals surface area contributed by atoms with Gasteiger partial charge in [-0.25, -0.2) is 4.98 Å². The van der Waals surface area contributed by atoms with Crippen LogP contribution < -0.4 is 10.1 Å². The Kier molecular flexibility index (Phi) is 7.08. The molecule has 2 aromatic carbocycles. The molecule has 0 saturated carbocycles. The van der Waals surface area contributed by atoms with Crippen molar-refractivity contribution in [3.63, 3.8) is 0 Å². The Hall–Kier alpha value is -2.80. The zero-order chi connectivity index (χ0) is 19.8. The molecule has 28 heavy (non-hydrogen) atoms. The van der Waals surface area contributed by atoms with Crippen LogP contribution in [0.25, 0.3) is 0 Å². The molecule has 146 valence electrons. The zero-order valence-electron chi connectivity index (χ0n) is 16.1. The molecular formula is C21H24N4O2S. The third-order valence-electron chi connectivity index (χ3n) is 4.20. The minimum absolute atomic E-state index is 0.0899. The number of hydrogen-bond donors (Lipinski definition) is 2. The van der Waals surface area contributed by atoms with Gasteiger partial charge in [0.25, 0.3) is 0 Å². The molecule has 1 aromatic heterocycles. The lowest BCUT2D eigenvalue weighted by Crippen LogP contribution is -2.14. The van der Waals surface area contributed by atoms with Crippen molar-refractivity contribution in [1.82, 2.24) is 15.2 Å². The van der Waals surface area contributed by atoms with Gasteiger partial charge < -0.3 is 10.1 Å². The minimum atomic E-state index is -0.0899. The van der Waals surface area contributed by atoms with E-state index in [1.807, 2.05) is 48.5 Å². The average Bonchev–Trinajstić information content (AvgIpc) is 3.19. The maximum absolute atomic E-state index is 12.1. The summed E-state index contributed by atoms with van der Waals surface area (Å²) in [6.07, 6.45) is 1.98. The van der Waals surface area contributed by atoms with Crippen LogP contribution >= 0.6 is 11.8 Å². The Morgan fingerprint density at radius 1 is 1.04 bits per heavy atom. The lowest BCUT2D eigenvalue weighted by Gasteiger charge is -2.05. The quantitative estimate of drug-likeness (QED) is 0.529. The van der Waals surface area contributed by atoms with Gasteiger partial charge in [0.15, 0.2) is 5.82 Å². The molecule has 2 N–H and O–H groups in total. The first kappa shape index (κ1) is 19.9. The summed E-state index contributed by atoms with van der Waals surface area (Å²) in [6, 6.07) is 15.8. The number of nitrogens with one attached hydrogen (secondary N) is 2. The van der Waals surface area contributed by atoms with Crippen LogP contribution in [0.15, 0.2) is 53.7 Å². The van der Waals surface area contributed by atoms with Crippen LogP contribution in [0, 0.1) is 0 Å². The number of carbonyl (C=O) groups is 1. The van der Waals surface area contributed by atoms with Gasteiger partial charge in [-0.3, -0.25) is 9.89 Å². The summed E-state index contributed by atoms with van der Waals surface area (Å²) in [5, 5.41) is 10.4. The van der Waals surface area contributed by atoms with Gasteiger partial charge in [-0.2, -0.15) is 0 Å². The number of nitrogens with zero attached hydrogens (tertiary/aromatic N) is 2. The number of carbonyl (C=O) groups excluding carboxylic acids is 1. The number of aromatic amines is 1. The number of aromatic nitrogens is 3. The molecule has 7 heteroatoms. The number of ether oxygens (including phenoxy) is 1. The molecule has 3 aromatic rings. The SMILES string of the molecule is CCc1ccc(NC(=O)CSc2n[nH]c(COc3ccc(CC)cc3)n2)cc1. The fourth-order valence-electron chi connectivity index (χ4n) is 2.53. The molecule has 0 unspecified atom stereocenters. The highest BCUT2D eigenvalue weighted by molar-refractivity contribution is 7.99. The van der Waals surface area contributed by atoms with Gasteiger partial charge in [0.2, 0.25) is 11.1 Å². The first-order valence-electron chi connectivity index (χ1n) is 9.31. The van der Waals surface area contributed by atoms with Crippen LogP contribution in [0.3, 0.4) is 0 Å². The molecule has 3 rings (SSSR count). The molecule has 0 aliphatic heterocycles. The van der Waals surface area contributed by atoms with Crippen LogP contribution in [0.4, 0.5) is 5.69 Å². The molecule has 0 bridgehead atoms. The first-order valence-corrected chi connectivity index (χ1v) is 10.3. The number of aryl methyl sites for hydroxylation is 2. The fraction of sp³-hybridized carbons (Fsp3) is 0.286. The van der Waals surface area contributed by atoms with E-state index in [4.69, 9.17) is 4.74 Å². The number of thioether (sulfide) groups is 1. The molecule has 0 aliphatic rings. The number of H-pyrrole nitrogens is 1. The lowest BCUT2D eigenvalue weighted by molar-refractivity contribution is -0.113. The van der Waals surface area contributed by atoms with Crippen molar-refractivity contribution in [1.29, 1.82) is 0 Å². The van der Waals surface area contributed by atoms with Crippen LogP contribution in [0.1, 0.15) is 30.8 Å². The topological polar surface area (TPSA) is 79.9 Å². The van der Waals surface area contributed by atoms with Gasteiger partial charge in [0.1, 0.15) is 12.4 Å². The van der Waals surface area contributed by atoms with Crippen molar-refractivity contribution in [2.24, 2.45) is 0 Å². The smallest absolute Gasteiger partial charge is 0.234 e. The second kappa shape index (κ2) is 9.94. The third kappa shape index (κ3) is 5.85. The van der Waals surface area contributed by atoms with E-state index in [1.165, 1.54) is 22.9 Å². The van der Waals surface area contributed by atoms with E-state index in [1.54, 1.807) is 0 Å².